The number of ether oxygens (including phenoxy) is 2. The van der Waals surface area contributed by atoms with Crippen molar-refractivity contribution in [1.82, 2.24) is 9.97 Å². The van der Waals surface area contributed by atoms with Crippen LogP contribution in [-0.4, -0.2) is 30.7 Å². The molecule has 138 valence electrons. The van der Waals surface area contributed by atoms with Gasteiger partial charge in [-0.15, -0.1) is 0 Å². The molecule has 0 aliphatic rings. The van der Waals surface area contributed by atoms with Crippen LogP contribution in [0, 0.1) is 11.6 Å². The Morgan fingerprint density at radius 3 is 2.38 bits per heavy atom. The Labute approximate surface area is 149 Å². The van der Waals surface area contributed by atoms with Gasteiger partial charge in [-0.3, -0.25) is 0 Å². The number of nitrogens with zero attached hydrogens (tertiary/aromatic N) is 1. The largest absolute Gasteiger partial charge is 0.493 e. The molecule has 0 atom stereocenters. The van der Waals surface area contributed by atoms with Crippen LogP contribution < -0.4 is 20.1 Å². The molecule has 1 aromatic carbocycles. The highest BCUT2D eigenvalue weighted by molar-refractivity contribution is 5.91. The fraction of sp³-hybridized carbons (Fsp3) is 0.278. The van der Waals surface area contributed by atoms with Gasteiger partial charge in [-0.2, -0.15) is 0 Å². The van der Waals surface area contributed by atoms with Crippen LogP contribution in [0.25, 0.3) is 11.0 Å². The summed E-state index contributed by atoms with van der Waals surface area (Å²) in [7, 11) is 2.62. The molecule has 3 N–H and O–H groups in total. The number of halogens is 2. The average molecular weight is 362 g/mol. The lowest BCUT2D eigenvalue weighted by molar-refractivity contribution is 0.360. The number of anilines is 2. The number of H-pyrrole nitrogens is 1. The van der Waals surface area contributed by atoms with Gasteiger partial charge < -0.3 is 25.1 Å². The Kier molecular flexibility index (Phi) is 5.11. The molecule has 0 fully saturated rings. The topological polar surface area (TPSA) is 71.2 Å². The first-order chi connectivity index (χ1) is 12.6. The quantitative estimate of drug-likeness (QED) is 0.595. The van der Waals surface area contributed by atoms with Crippen LogP contribution in [0.3, 0.4) is 0 Å². The van der Waals surface area contributed by atoms with E-state index in [1.807, 2.05) is 13.0 Å². The number of nitrogens with one attached hydrogen (secondary N) is 3. The number of hydrogen-bond donors (Lipinski definition) is 3. The standard InChI is InChI=1S/C18H20F2N4O2/c1-4-21-16-10(9-24-18-11(16)5-6-22-18)8-23-17-14(19)12(25-2)7-13(26-3)15(17)20/h5-7,9,23H,4,8H2,1-3H3,(H2,21,22,24). The van der Waals surface area contributed by atoms with Gasteiger partial charge >= 0.3 is 0 Å². The van der Waals surface area contributed by atoms with Gasteiger partial charge in [-0.25, -0.2) is 13.8 Å². The minimum Gasteiger partial charge on any atom is -0.493 e. The van der Waals surface area contributed by atoms with Crippen molar-refractivity contribution in [2.45, 2.75) is 13.5 Å². The van der Waals surface area contributed by atoms with Crippen molar-refractivity contribution in [2.24, 2.45) is 0 Å². The highest BCUT2D eigenvalue weighted by Crippen LogP contribution is 2.35. The van der Waals surface area contributed by atoms with Crippen LogP contribution in [0.5, 0.6) is 11.5 Å². The first-order valence-electron chi connectivity index (χ1n) is 8.13. The molecule has 0 spiro atoms. The van der Waals surface area contributed by atoms with Crippen molar-refractivity contribution in [3.63, 3.8) is 0 Å². The van der Waals surface area contributed by atoms with E-state index >= 15 is 0 Å². The molecule has 8 heteroatoms. The van der Waals surface area contributed by atoms with Gasteiger partial charge in [0.1, 0.15) is 11.3 Å². The summed E-state index contributed by atoms with van der Waals surface area (Å²) in [6.07, 6.45) is 3.46. The minimum atomic E-state index is -0.813. The Bertz CT molecular complexity index is 899. The SMILES string of the molecule is CCNc1c(CNc2c(F)c(OC)cc(OC)c2F)cnc2[nH]ccc12. The normalized spacial score (nSPS) is 10.8. The second-order valence-electron chi connectivity index (χ2n) is 5.57. The third-order valence-corrected chi connectivity index (χ3v) is 4.05. The number of aromatic amines is 1. The van der Waals surface area contributed by atoms with E-state index in [-0.39, 0.29) is 23.7 Å². The van der Waals surface area contributed by atoms with Gasteiger partial charge in [0, 0.05) is 42.5 Å². The van der Waals surface area contributed by atoms with E-state index < -0.39 is 11.6 Å². The second-order valence-corrected chi connectivity index (χ2v) is 5.57. The molecule has 2 heterocycles. The van der Waals surface area contributed by atoms with E-state index in [2.05, 4.69) is 20.6 Å². The van der Waals surface area contributed by atoms with Gasteiger partial charge in [0.15, 0.2) is 23.1 Å². The number of hydrogen-bond acceptors (Lipinski definition) is 5. The molecule has 3 aromatic rings. The zero-order valence-electron chi connectivity index (χ0n) is 14.7. The van der Waals surface area contributed by atoms with Gasteiger partial charge in [-0.05, 0) is 13.0 Å². The zero-order valence-corrected chi connectivity index (χ0v) is 14.7. The van der Waals surface area contributed by atoms with Crippen LogP contribution in [-0.2, 0) is 6.54 Å². The highest BCUT2D eigenvalue weighted by Gasteiger charge is 2.20. The van der Waals surface area contributed by atoms with Gasteiger partial charge in [0.25, 0.3) is 0 Å². The van der Waals surface area contributed by atoms with E-state index in [4.69, 9.17) is 9.47 Å². The predicted molar refractivity (Wildman–Crippen MR) is 97.0 cm³/mol. The Balaban J connectivity index is 1.97. The number of methoxy groups -OCH3 is 2. The third kappa shape index (κ3) is 3.10. The van der Waals surface area contributed by atoms with Crippen molar-refractivity contribution in [3.05, 3.63) is 41.7 Å². The summed E-state index contributed by atoms with van der Waals surface area (Å²) in [5.74, 6) is -1.83. The number of benzene rings is 1. The zero-order chi connectivity index (χ0) is 18.7. The van der Waals surface area contributed by atoms with Gasteiger partial charge in [-0.1, -0.05) is 0 Å². The molecule has 0 aliphatic heterocycles. The number of fused-ring (bicyclic) bond motifs is 1. The van der Waals surface area contributed by atoms with Gasteiger partial charge in [0.2, 0.25) is 0 Å². The summed E-state index contributed by atoms with van der Waals surface area (Å²) in [5, 5.41) is 6.99. The van der Waals surface area contributed by atoms with Gasteiger partial charge in [0.05, 0.1) is 19.9 Å². The molecule has 2 aromatic heterocycles. The summed E-state index contributed by atoms with van der Waals surface area (Å²) in [6.45, 7) is 2.84. The van der Waals surface area contributed by atoms with E-state index in [1.54, 1.807) is 12.4 Å². The average Bonchev–Trinajstić information content (AvgIpc) is 3.12. The van der Waals surface area contributed by atoms with Crippen LogP contribution >= 0.6 is 0 Å². The molecule has 0 amide bonds. The van der Waals surface area contributed by atoms with E-state index in [0.717, 1.165) is 22.3 Å². The monoisotopic (exact) mass is 362 g/mol. The lowest BCUT2D eigenvalue weighted by Crippen LogP contribution is -2.10. The second kappa shape index (κ2) is 7.47. The molecule has 0 saturated heterocycles. The van der Waals surface area contributed by atoms with Crippen molar-refractivity contribution in [1.29, 1.82) is 0 Å². The predicted octanol–water partition coefficient (Wildman–Crippen LogP) is 3.90. The van der Waals surface area contributed by atoms with Crippen molar-refractivity contribution in [2.75, 3.05) is 31.4 Å². The summed E-state index contributed by atoms with van der Waals surface area (Å²) >= 11 is 0. The smallest absolute Gasteiger partial charge is 0.191 e. The summed E-state index contributed by atoms with van der Waals surface area (Å²) < 4.78 is 38.9. The number of rotatable bonds is 7. The molecule has 0 aliphatic carbocycles. The fourth-order valence-electron chi connectivity index (χ4n) is 2.79. The lowest BCUT2D eigenvalue weighted by Gasteiger charge is -2.16. The Morgan fingerprint density at radius 1 is 1.08 bits per heavy atom. The third-order valence-electron chi connectivity index (χ3n) is 4.05. The fourth-order valence-corrected chi connectivity index (χ4v) is 2.79. The van der Waals surface area contributed by atoms with Crippen LogP contribution in [0.15, 0.2) is 24.5 Å². The first kappa shape index (κ1) is 17.8. The molecule has 0 radical (unpaired) electrons. The molecule has 3 rings (SSSR count). The van der Waals surface area contributed by atoms with Crippen molar-refractivity contribution < 1.29 is 18.3 Å². The summed E-state index contributed by atoms with van der Waals surface area (Å²) in [4.78, 5) is 7.38. The maximum atomic E-state index is 14.5. The molecule has 6 nitrogen and oxygen atoms in total. The molecule has 0 unspecified atom stereocenters. The van der Waals surface area contributed by atoms with Crippen molar-refractivity contribution in [3.8, 4) is 11.5 Å². The minimum absolute atomic E-state index is 0.100. The summed E-state index contributed by atoms with van der Waals surface area (Å²) in [5.41, 5.74) is 2.07. The maximum Gasteiger partial charge on any atom is 0.191 e. The first-order valence-corrected chi connectivity index (χ1v) is 8.13. The molecule has 26 heavy (non-hydrogen) atoms. The van der Waals surface area contributed by atoms with Crippen LogP contribution in [0.4, 0.5) is 20.2 Å². The summed E-state index contributed by atoms with van der Waals surface area (Å²) in [6, 6.07) is 3.08. The molecular weight excluding hydrogens is 342 g/mol. The number of pyridine rings is 1. The Hall–Kier alpha value is -3.03. The Morgan fingerprint density at radius 2 is 1.77 bits per heavy atom. The number of aromatic nitrogens is 2. The van der Waals surface area contributed by atoms with Crippen molar-refractivity contribution >= 4 is 22.4 Å². The molecule has 0 bridgehead atoms. The lowest BCUT2D eigenvalue weighted by atomic mass is 10.1. The molecular formula is C18H20F2N4O2. The van der Waals surface area contributed by atoms with E-state index in [9.17, 15) is 8.78 Å². The van der Waals surface area contributed by atoms with Crippen LogP contribution in [0.2, 0.25) is 0 Å². The van der Waals surface area contributed by atoms with E-state index in [1.165, 1.54) is 20.3 Å². The van der Waals surface area contributed by atoms with Crippen LogP contribution in [0.1, 0.15) is 12.5 Å². The highest BCUT2D eigenvalue weighted by atomic mass is 19.1. The molecule has 0 saturated carbocycles. The maximum absolute atomic E-state index is 14.5. The van der Waals surface area contributed by atoms with E-state index in [0.29, 0.717) is 6.54 Å².